The van der Waals surface area contributed by atoms with Gasteiger partial charge in [0, 0.05) is 35.0 Å². The summed E-state index contributed by atoms with van der Waals surface area (Å²) in [5.41, 5.74) is 5.87. The van der Waals surface area contributed by atoms with Crippen molar-refractivity contribution in [2.75, 3.05) is 19.5 Å². The topological polar surface area (TPSA) is 52.3 Å². The molecule has 1 fully saturated rings. The highest BCUT2D eigenvalue weighted by Crippen LogP contribution is 2.28. The molecule has 4 unspecified atom stereocenters. The molecule has 1 saturated carbocycles. The number of hydrogen-bond acceptors (Lipinski definition) is 3. The molecule has 4 heteroatoms. The van der Waals surface area contributed by atoms with Crippen LogP contribution in [0.5, 0.6) is 0 Å². The van der Waals surface area contributed by atoms with Crippen LogP contribution in [0, 0.1) is 5.92 Å². The Morgan fingerprint density at radius 1 is 1.54 bits per heavy atom. The van der Waals surface area contributed by atoms with Crippen molar-refractivity contribution in [1.82, 2.24) is 0 Å². The Morgan fingerprint density at radius 3 is 2.69 bits per heavy atom. The van der Waals surface area contributed by atoms with Crippen LogP contribution in [-0.2, 0) is 15.5 Å². The van der Waals surface area contributed by atoms with Gasteiger partial charge in [0.2, 0.25) is 0 Å². The minimum atomic E-state index is -0.751. The molecule has 0 saturated heterocycles. The summed E-state index contributed by atoms with van der Waals surface area (Å²) in [6.45, 7) is 2.69. The highest BCUT2D eigenvalue weighted by Gasteiger charge is 2.33. The van der Waals surface area contributed by atoms with Gasteiger partial charge in [0.05, 0.1) is 6.61 Å². The lowest BCUT2D eigenvalue weighted by Crippen LogP contribution is -2.30. The van der Waals surface area contributed by atoms with Crippen LogP contribution in [0.15, 0.2) is 0 Å². The van der Waals surface area contributed by atoms with Crippen LogP contribution < -0.4 is 5.73 Å². The SMILES string of the molecule is COCCS(=O)C1CCC(N)C1C. The van der Waals surface area contributed by atoms with E-state index in [4.69, 9.17) is 10.5 Å². The summed E-state index contributed by atoms with van der Waals surface area (Å²) >= 11 is 0. The van der Waals surface area contributed by atoms with Crippen molar-refractivity contribution < 1.29 is 8.95 Å². The molecule has 0 amide bonds. The summed E-state index contributed by atoms with van der Waals surface area (Å²) in [5.74, 6) is 1.05. The van der Waals surface area contributed by atoms with Crippen molar-refractivity contribution in [3.05, 3.63) is 0 Å². The van der Waals surface area contributed by atoms with Crippen molar-refractivity contribution >= 4 is 10.8 Å². The summed E-state index contributed by atoms with van der Waals surface area (Å²) in [7, 11) is 0.889. The van der Waals surface area contributed by atoms with Gasteiger partial charge in [0.15, 0.2) is 0 Å². The van der Waals surface area contributed by atoms with E-state index in [1.54, 1.807) is 7.11 Å². The van der Waals surface area contributed by atoms with Crippen molar-refractivity contribution in [2.45, 2.75) is 31.1 Å². The molecule has 0 bridgehead atoms. The van der Waals surface area contributed by atoms with E-state index < -0.39 is 10.8 Å². The Morgan fingerprint density at radius 2 is 2.23 bits per heavy atom. The maximum atomic E-state index is 11.7. The van der Waals surface area contributed by atoms with Crippen LogP contribution in [0.2, 0.25) is 0 Å². The standard InChI is InChI=1S/C9H19NO2S/c1-7-8(10)3-4-9(7)13(11)6-5-12-2/h7-9H,3-6,10H2,1-2H3. The fourth-order valence-corrected chi connectivity index (χ4v) is 3.56. The largest absolute Gasteiger partial charge is 0.384 e. The van der Waals surface area contributed by atoms with Gasteiger partial charge in [-0.05, 0) is 18.8 Å². The number of methoxy groups -OCH3 is 1. The summed E-state index contributed by atoms with van der Waals surface area (Å²) in [5, 5.41) is 0.296. The number of ether oxygens (including phenoxy) is 1. The third-order valence-electron chi connectivity index (χ3n) is 2.87. The van der Waals surface area contributed by atoms with Crippen LogP contribution >= 0.6 is 0 Å². The lowest BCUT2D eigenvalue weighted by atomic mass is 10.1. The predicted molar refractivity (Wildman–Crippen MR) is 55.0 cm³/mol. The van der Waals surface area contributed by atoms with Gasteiger partial charge in [0.25, 0.3) is 0 Å². The van der Waals surface area contributed by atoms with E-state index in [9.17, 15) is 4.21 Å². The molecule has 2 N–H and O–H groups in total. The predicted octanol–water partition coefficient (Wildman–Crippen LogP) is 0.507. The molecule has 0 aromatic rings. The zero-order valence-corrected chi connectivity index (χ0v) is 9.18. The van der Waals surface area contributed by atoms with Gasteiger partial charge in [-0.25, -0.2) is 0 Å². The zero-order chi connectivity index (χ0) is 9.84. The first-order chi connectivity index (χ1) is 6.16. The summed E-state index contributed by atoms with van der Waals surface area (Å²) in [6, 6.07) is 0.247. The monoisotopic (exact) mass is 205 g/mol. The van der Waals surface area contributed by atoms with Crippen molar-refractivity contribution in [3.8, 4) is 0 Å². The van der Waals surface area contributed by atoms with Crippen LogP contribution in [0.4, 0.5) is 0 Å². The fourth-order valence-electron chi connectivity index (χ4n) is 1.85. The van der Waals surface area contributed by atoms with E-state index in [0.29, 0.717) is 23.5 Å². The first kappa shape index (κ1) is 11.1. The minimum absolute atomic E-state index is 0.247. The summed E-state index contributed by atoms with van der Waals surface area (Å²) < 4.78 is 16.6. The smallest absolute Gasteiger partial charge is 0.0577 e. The molecule has 0 radical (unpaired) electrons. The molecule has 0 aliphatic heterocycles. The van der Waals surface area contributed by atoms with Crippen molar-refractivity contribution in [3.63, 3.8) is 0 Å². The summed E-state index contributed by atoms with van der Waals surface area (Å²) in [4.78, 5) is 0. The van der Waals surface area contributed by atoms with Crippen LogP contribution in [-0.4, -0.2) is 35.0 Å². The molecule has 3 nitrogen and oxygen atoms in total. The van der Waals surface area contributed by atoms with E-state index >= 15 is 0 Å². The first-order valence-corrected chi connectivity index (χ1v) is 6.16. The maximum absolute atomic E-state index is 11.7. The molecule has 13 heavy (non-hydrogen) atoms. The average molecular weight is 205 g/mol. The molecule has 4 atom stereocenters. The fraction of sp³-hybridized carbons (Fsp3) is 1.00. The van der Waals surface area contributed by atoms with E-state index in [1.165, 1.54) is 0 Å². The minimum Gasteiger partial charge on any atom is -0.384 e. The van der Waals surface area contributed by atoms with Crippen molar-refractivity contribution in [1.29, 1.82) is 0 Å². The molecular weight excluding hydrogens is 186 g/mol. The normalized spacial score (nSPS) is 36.4. The highest BCUT2D eigenvalue weighted by atomic mass is 32.2. The molecule has 0 aromatic carbocycles. The molecule has 1 aliphatic carbocycles. The molecule has 1 aliphatic rings. The molecular formula is C9H19NO2S. The van der Waals surface area contributed by atoms with Gasteiger partial charge in [-0.2, -0.15) is 0 Å². The Bertz CT molecular complexity index is 186. The van der Waals surface area contributed by atoms with E-state index in [1.807, 2.05) is 0 Å². The lowest BCUT2D eigenvalue weighted by molar-refractivity contribution is 0.217. The van der Waals surface area contributed by atoms with Gasteiger partial charge < -0.3 is 10.5 Å². The number of rotatable bonds is 4. The Kier molecular flexibility index (Phi) is 4.35. The van der Waals surface area contributed by atoms with E-state index in [2.05, 4.69) is 6.92 Å². The van der Waals surface area contributed by atoms with Crippen molar-refractivity contribution in [2.24, 2.45) is 11.7 Å². The van der Waals surface area contributed by atoms with E-state index in [0.717, 1.165) is 12.8 Å². The van der Waals surface area contributed by atoms with Gasteiger partial charge in [-0.1, -0.05) is 6.92 Å². The lowest BCUT2D eigenvalue weighted by Gasteiger charge is -2.17. The molecule has 1 rings (SSSR count). The van der Waals surface area contributed by atoms with Crippen LogP contribution in [0.1, 0.15) is 19.8 Å². The van der Waals surface area contributed by atoms with Gasteiger partial charge in [-0.15, -0.1) is 0 Å². The third-order valence-corrected chi connectivity index (χ3v) is 4.78. The highest BCUT2D eigenvalue weighted by molar-refractivity contribution is 7.85. The third kappa shape index (κ3) is 2.76. The summed E-state index contributed by atoms with van der Waals surface area (Å²) in [6.07, 6.45) is 2.03. The molecule has 0 spiro atoms. The Balaban J connectivity index is 2.39. The maximum Gasteiger partial charge on any atom is 0.0577 e. The first-order valence-electron chi connectivity index (χ1n) is 4.78. The molecule has 0 heterocycles. The Hall–Kier alpha value is 0.0700. The zero-order valence-electron chi connectivity index (χ0n) is 8.36. The van der Waals surface area contributed by atoms with Crippen LogP contribution in [0.25, 0.3) is 0 Å². The second-order valence-electron chi connectivity index (χ2n) is 3.72. The second kappa shape index (κ2) is 5.08. The Labute approximate surface area is 82.5 Å². The quantitative estimate of drug-likeness (QED) is 0.727. The van der Waals surface area contributed by atoms with Gasteiger partial charge in [0.1, 0.15) is 0 Å². The second-order valence-corrected chi connectivity index (χ2v) is 5.49. The molecule has 78 valence electrons. The number of hydrogen-bond donors (Lipinski definition) is 1. The van der Waals surface area contributed by atoms with Gasteiger partial charge >= 0.3 is 0 Å². The van der Waals surface area contributed by atoms with Gasteiger partial charge in [-0.3, -0.25) is 4.21 Å². The average Bonchev–Trinajstić information content (AvgIpc) is 2.44. The number of nitrogens with two attached hydrogens (primary N) is 1. The van der Waals surface area contributed by atoms with E-state index in [-0.39, 0.29) is 6.04 Å². The van der Waals surface area contributed by atoms with Crippen LogP contribution in [0.3, 0.4) is 0 Å². The molecule has 0 aromatic heterocycles.